The van der Waals surface area contributed by atoms with Crippen molar-refractivity contribution in [3.05, 3.63) is 63.0 Å². The molecule has 0 unspecified atom stereocenters. The quantitative estimate of drug-likeness (QED) is 0.235. The van der Waals surface area contributed by atoms with Crippen LogP contribution in [0.5, 0.6) is 6.01 Å². The molecule has 1 aromatic heterocycles. The molecule has 17 heteroatoms. The fourth-order valence-electron chi connectivity index (χ4n) is 7.12. The number of carbonyl (C=O) groups excluding carboxylic acids is 1. The maximum atomic E-state index is 14.1. The van der Waals surface area contributed by atoms with Crippen LogP contribution >= 0.6 is 11.6 Å². The van der Waals surface area contributed by atoms with Gasteiger partial charge < -0.3 is 30.7 Å². The monoisotopic (exact) mass is 724 g/mol. The molecule has 0 bridgehead atoms. The van der Waals surface area contributed by atoms with E-state index in [2.05, 4.69) is 9.98 Å². The normalized spacial score (nSPS) is 23.1. The first kappa shape index (κ1) is 35.8. The van der Waals surface area contributed by atoms with Crippen LogP contribution in [-0.2, 0) is 28.7 Å². The minimum Gasteiger partial charge on any atom is -0.461 e. The van der Waals surface area contributed by atoms with E-state index in [0.29, 0.717) is 55.3 Å². The first-order valence-electron chi connectivity index (χ1n) is 16.2. The number of hydrogen-bond donors (Lipinski definition) is 2. The Morgan fingerprint density at radius 2 is 1.96 bits per heavy atom. The Morgan fingerprint density at radius 1 is 1.18 bits per heavy atom. The molecule has 2 saturated heterocycles. The summed E-state index contributed by atoms with van der Waals surface area (Å²) in [6, 6.07) is 3.33. The highest BCUT2D eigenvalue weighted by Gasteiger charge is 2.48. The van der Waals surface area contributed by atoms with Crippen molar-refractivity contribution in [1.29, 1.82) is 0 Å². The van der Waals surface area contributed by atoms with Gasteiger partial charge in [0, 0.05) is 57.0 Å². The number of benzene rings is 1. The van der Waals surface area contributed by atoms with Crippen LogP contribution in [0.2, 0.25) is 0 Å². The molecule has 5 heterocycles. The number of nitrogen functional groups attached to an aromatic ring is 1. The summed E-state index contributed by atoms with van der Waals surface area (Å²) in [5.41, 5.74) is 11.7. The molecule has 4 N–H and O–H groups in total. The van der Waals surface area contributed by atoms with E-state index in [4.69, 9.17) is 37.5 Å². The van der Waals surface area contributed by atoms with Gasteiger partial charge >= 0.3 is 12.2 Å². The molecule has 270 valence electrons. The van der Waals surface area contributed by atoms with Crippen LogP contribution in [0.25, 0.3) is 0 Å². The minimum absolute atomic E-state index is 0.00160. The predicted molar refractivity (Wildman–Crippen MR) is 177 cm³/mol. The van der Waals surface area contributed by atoms with Gasteiger partial charge in [-0.25, -0.2) is 0 Å². The van der Waals surface area contributed by atoms with Gasteiger partial charge in [0.25, 0.3) is 12.0 Å². The molecule has 2 atom stereocenters. The Balaban J connectivity index is 1.37. The maximum Gasteiger partial charge on any atom is 0.416 e. The largest absolute Gasteiger partial charge is 0.461 e. The van der Waals surface area contributed by atoms with Gasteiger partial charge in [0.05, 0.1) is 46.8 Å². The summed E-state index contributed by atoms with van der Waals surface area (Å²) in [7, 11) is 3.09. The number of aliphatic imine (C=N–C) groups is 1. The van der Waals surface area contributed by atoms with Gasteiger partial charge in [0.1, 0.15) is 18.1 Å². The number of likely N-dealkylation sites (N-methyl/N-ethyl adjacent to an activating group) is 1. The summed E-state index contributed by atoms with van der Waals surface area (Å²) in [6.07, 6.45) is -5.21. The van der Waals surface area contributed by atoms with E-state index in [1.165, 1.54) is 17.0 Å². The van der Waals surface area contributed by atoms with Gasteiger partial charge in [-0.15, -0.1) is 0 Å². The zero-order chi connectivity index (χ0) is 36.0. The molecule has 1 amide bonds. The summed E-state index contributed by atoms with van der Waals surface area (Å²) in [5, 5.41) is -0.00160. The fraction of sp³-hybridized carbons (Fsp3) is 0.515. The number of nitrogens with zero attached hydrogens (tertiary/aromatic N) is 6. The smallest absolute Gasteiger partial charge is 0.416 e. The summed E-state index contributed by atoms with van der Waals surface area (Å²) >= 11 is 6.61. The molecule has 11 nitrogen and oxygen atoms in total. The van der Waals surface area contributed by atoms with Gasteiger partial charge in [0.2, 0.25) is 0 Å². The van der Waals surface area contributed by atoms with Gasteiger partial charge in [-0.2, -0.15) is 31.9 Å². The molecule has 0 spiro atoms. The number of anilines is 2. The summed E-state index contributed by atoms with van der Waals surface area (Å²) in [5.74, 6) is -0.0908. The van der Waals surface area contributed by atoms with Crippen molar-refractivity contribution >= 4 is 34.7 Å². The number of rotatable bonds is 7. The minimum atomic E-state index is -4.65. The molecule has 0 radical (unpaired) electrons. The lowest BCUT2D eigenvalue weighted by Gasteiger charge is -2.33. The summed E-state index contributed by atoms with van der Waals surface area (Å²) < 4.78 is 81.7. The third-order valence-corrected chi connectivity index (χ3v) is 10.1. The van der Waals surface area contributed by atoms with Crippen molar-refractivity contribution in [2.24, 2.45) is 10.7 Å². The van der Waals surface area contributed by atoms with E-state index < -0.39 is 35.4 Å². The molecule has 6 rings (SSSR count). The van der Waals surface area contributed by atoms with E-state index >= 15 is 0 Å². The van der Waals surface area contributed by atoms with E-state index in [1.807, 2.05) is 9.80 Å². The Morgan fingerprint density at radius 3 is 2.68 bits per heavy atom. The Bertz CT molecular complexity index is 1760. The van der Waals surface area contributed by atoms with Crippen molar-refractivity contribution in [3.8, 4) is 6.01 Å². The van der Waals surface area contributed by atoms with Gasteiger partial charge in [0.15, 0.2) is 0 Å². The molecular weight excluding hydrogens is 687 g/mol. The lowest BCUT2D eigenvalue weighted by Crippen LogP contribution is -2.43. The Labute approximate surface area is 290 Å². The Hall–Kier alpha value is -4.02. The number of halogens is 6. The van der Waals surface area contributed by atoms with Crippen LogP contribution < -0.4 is 21.1 Å². The van der Waals surface area contributed by atoms with Crippen molar-refractivity contribution < 1.29 is 36.2 Å². The highest BCUT2D eigenvalue weighted by atomic mass is 35.5. The zero-order valence-electron chi connectivity index (χ0n) is 27.6. The van der Waals surface area contributed by atoms with Gasteiger partial charge in [-0.3, -0.25) is 14.7 Å². The first-order valence-corrected chi connectivity index (χ1v) is 16.6. The number of alkyl halides is 3. The van der Waals surface area contributed by atoms with Gasteiger partial charge in [-0.1, -0.05) is 11.6 Å². The molecule has 2 fully saturated rings. The molecule has 4 aliphatic heterocycles. The van der Waals surface area contributed by atoms with Crippen LogP contribution in [0.15, 0.2) is 45.6 Å². The summed E-state index contributed by atoms with van der Waals surface area (Å²) in [6.45, 7) is 1.65. The highest BCUT2D eigenvalue weighted by molar-refractivity contribution is 6.45. The van der Waals surface area contributed by atoms with E-state index in [9.17, 15) is 26.7 Å². The molecule has 2 aromatic rings. The molecule has 50 heavy (non-hydrogen) atoms. The van der Waals surface area contributed by atoms with E-state index in [0.717, 1.165) is 12.5 Å². The molecule has 0 saturated carbocycles. The van der Waals surface area contributed by atoms with E-state index in [-0.39, 0.29) is 72.7 Å². The van der Waals surface area contributed by atoms with E-state index in [1.54, 1.807) is 14.1 Å². The highest BCUT2D eigenvalue weighted by Crippen LogP contribution is 2.44. The number of nitrogens with two attached hydrogens (primary N) is 2. The molecule has 0 aliphatic carbocycles. The number of hydrogen-bond acceptors (Lipinski definition) is 10. The first-order chi connectivity index (χ1) is 23.7. The molecular formula is C33H38ClF5N8O3. The average molecular weight is 725 g/mol. The van der Waals surface area contributed by atoms with Crippen LogP contribution in [0.4, 0.5) is 33.5 Å². The lowest BCUT2D eigenvalue weighted by atomic mass is 9.94. The number of amides is 1. The third-order valence-electron chi connectivity index (χ3n) is 9.64. The van der Waals surface area contributed by atoms with Gasteiger partial charge in [-0.05, 0) is 56.0 Å². The third kappa shape index (κ3) is 7.10. The molecule has 1 aromatic carbocycles. The fourth-order valence-corrected chi connectivity index (χ4v) is 7.32. The SMILES string of the molecule is CN(C)C(=O)C(N)=C(Cl)C1=NCCCN(c2nc(OC[C@@]34CCCN3CC(=C(F)F)C4)nc3c2CO[C@H](c2cc(N)ccc2C(F)(F)F)C3)C1. The second kappa shape index (κ2) is 13.9. The lowest BCUT2D eigenvalue weighted by molar-refractivity contribution is -0.139. The number of fused-ring (bicyclic) bond motifs is 2. The second-order valence-corrected chi connectivity index (χ2v) is 13.6. The van der Waals surface area contributed by atoms with Crippen molar-refractivity contribution in [2.45, 2.75) is 56.5 Å². The predicted octanol–water partition coefficient (Wildman–Crippen LogP) is 4.81. The maximum absolute atomic E-state index is 14.1. The number of carbonyl (C=O) groups is 1. The topological polar surface area (TPSA) is 135 Å². The number of aromatic nitrogens is 2. The van der Waals surface area contributed by atoms with Crippen LogP contribution in [-0.4, -0.2) is 90.4 Å². The van der Waals surface area contributed by atoms with Crippen molar-refractivity contribution in [3.63, 3.8) is 0 Å². The zero-order valence-corrected chi connectivity index (χ0v) is 28.4. The average Bonchev–Trinajstić information content (AvgIpc) is 3.53. The molecule has 4 aliphatic rings. The van der Waals surface area contributed by atoms with Crippen LogP contribution in [0.1, 0.15) is 54.2 Å². The Kier molecular flexibility index (Phi) is 9.98. The standard InChI is InChI=1S/C33H38ClF5N8O3/c1-45(2)30(48)27(41)26(34)24-15-46(9-4-8-42-24)29-21-16-49-25(20-11-19(40)5-6-22(20)33(37,38)39)12-23(21)43-31(44-29)50-17-32-7-3-10-47(32)14-18(13-32)28(35)36/h5-6,11,25H,3-4,7-10,12-17,40-41H2,1-2H3/t25-,32-/m0/s1. The van der Waals surface area contributed by atoms with Crippen LogP contribution in [0.3, 0.4) is 0 Å². The second-order valence-electron chi connectivity index (χ2n) is 13.2. The van der Waals surface area contributed by atoms with Crippen molar-refractivity contribution in [2.75, 3.05) is 64.1 Å². The number of ether oxygens (including phenoxy) is 2. The summed E-state index contributed by atoms with van der Waals surface area (Å²) in [4.78, 5) is 31.7. The van der Waals surface area contributed by atoms with Crippen LogP contribution in [0, 0.1) is 0 Å². The van der Waals surface area contributed by atoms with Crippen molar-refractivity contribution in [1.82, 2.24) is 19.8 Å².